The molecule has 0 spiro atoms. The summed E-state index contributed by atoms with van der Waals surface area (Å²) >= 11 is 1.58. The highest BCUT2D eigenvalue weighted by atomic mass is 32.1. The van der Waals surface area contributed by atoms with Gasteiger partial charge in [-0.1, -0.05) is 19.1 Å². The van der Waals surface area contributed by atoms with Crippen molar-refractivity contribution in [1.82, 2.24) is 14.8 Å². The molecule has 2 aromatic heterocycles. The van der Waals surface area contributed by atoms with Crippen molar-refractivity contribution in [3.63, 3.8) is 0 Å². The SMILES string of the molecule is CCc1nn(C)cc1C(=O)Cc1nc2ccccc2s1. The molecule has 0 N–H and O–H groups in total. The molecule has 4 nitrogen and oxygen atoms in total. The summed E-state index contributed by atoms with van der Waals surface area (Å²) < 4.78 is 2.82. The number of Topliss-reactive ketones (excluding diaryl/α,β-unsaturated/α-hetero) is 1. The van der Waals surface area contributed by atoms with E-state index in [9.17, 15) is 4.79 Å². The molecule has 0 bridgehead atoms. The number of hydrogen-bond donors (Lipinski definition) is 0. The number of benzene rings is 1. The Hall–Kier alpha value is -2.01. The molecule has 3 aromatic rings. The molecular formula is C15H15N3OS. The molecule has 5 heteroatoms. The average molecular weight is 285 g/mol. The fraction of sp³-hybridized carbons (Fsp3) is 0.267. The van der Waals surface area contributed by atoms with E-state index >= 15 is 0 Å². The van der Waals surface area contributed by atoms with Crippen LogP contribution < -0.4 is 0 Å². The van der Waals surface area contributed by atoms with Crippen molar-refractivity contribution in [2.24, 2.45) is 7.05 Å². The Kier molecular flexibility index (Phi) is 3.36. The molecule has 0 amide bonds. The molecule has 0 unspecified atom stereocenters. The first kappa shape index (κ1) is 13.0. The minimum atomic E-state index is 0.0917. The van der Waals surface area contributed by atoms with Gasteiger partial charge in [-0.05, 0) is 18.6 Å². The van der Waals surface area contributed by atoms with E-state index in [1.165, 1.54) is 0 Å². The lowest BCUT2D eigenvalue weighted by Gasteiger charge is -1.97. The summed E-state index contributed by atoms with van der Waals surface area (Å²) in [5, 5.41) is 5.18. The summed E-state index contributed by atoms with van der Waals surface area (Å²) in [7, 11) is 1.84. The molecule has 0 radical (unpaired) electrons. The molecule has 2 heterocycles. The Balaban J connectivity index is 1.88. The van der Waals surface area contributed by atoms with Gasteiger partial charge in [-0.25, -0.2) is 4.98 Å². The highest BCUT2D eigenvalue weighted by molar-refractivity contribution is 7.18. The largest absolute Gasteiger partial charge is 0.294 e. The van der Waals surface area contributed by atoms with Gasteiger partial charge in [0.05, 0.1) is 27.9 Å². The van der Waals surface area contributed by atoms with Crippen molar-refractivity contribution in [2.75, 3.05) is 0 Å². The third-order valence-electron chi connectivity index (χ3n) is 3.19. The number of carbonyl (C=O) groups excluding carboxylic acids is 1. The zero-order valence-electron chi connectivity index (χ0n) is 11.5. The molecule has 0 atom stereocenters. The van der Waals surface area contributed by atoms with E-state index in [0.717, 1.165) is 27.3 Å². The Morgan fingerprint density at radius 2 is 2.15 bits per heavy atom. The number of aromatic nitrogens is 3. The van der Waals surface area contributed by atoms with E-state index in [4.69, 9.17) is 0 Å². The van der Waals surface area contributed by atoms with Gasteiger partial charge in [-0.2, -0.15) is 5.10 Å². The second kappa shape index (κ2) is 5.17. The van der Waals surface area contributed by atoms with Gasteiger partial charge in [0.2, 0.25) is 0 Å². The van der Waals surface area contributed by atoms with Crippen molar-refractivity contribution in [1.29, 1.82) is 0 Å². The lowest BCUT2D eigenvalue weighted by atomic mass is 10.1. The summed E-state index contributed by atoms with van der Waals surface area (Å²) in [5.74, 6) is 0.0917. The molecule has 3 rings (SSSR count). The minimum Gasteiger partial charge on any atom is -0.294 e. The first-order chi connectivity index (χ1) is 9.67. The molecule has 1 aromatic carbocycles. The molecule has 0 aliphatic heterocycles. The average Bonchev–Trinajstić information content (AvgIpc) is 3.00. The maximum Gasteiger partial charge on any atom is 0.173 e. The number of thiazole rings is 1. The Bertz CT molecular complexity index is 739. The third-order valence-corrected chi connectivity index (χ3v) is 4.23. The highest BCUT2D eigenvalue weighted by Crippen LogP contribution is 2.23. The number of fused-ring (bicyclic) bond motifs is 1. The summed E-state index contributed by atoms with van der Waals surface area (Å²) in [6.07, 6.45) is 2.91. The quantitative estimate of drug-likeness (QED) is 0.692. The van der Waals surface area contributed by atoms with Crippen molar-refractivity contribution in [2.45, 2.75) is 19.8 Å². The topological polar surface area (TPSA) is 47.8 Å². The monoisotopic (exact) mass is 285 g/mol. The summed E-state index contributed by atoms with van der Waals surface area (Å²) in [5.41, 5.74) is 2.54. The number of para-hydroxylation sites is 1. The molecular weight excluding hydrogens is 270 g/mol. The summed E-state index contributed by atoms with van der Waals surface area (Å²) in [6, 6.07) is 7.95. The van der Waals surface area contributed by atoms with E-state index in [2.05, 4.69) is 10.1 Å². The van der Waals surface area contributed by atoms with Crippen molar-refractivity contribution in [3.8, 4) is 0 Å². The lowest BCUT2D eigenvalue weighted by molar-refractivity contribution is 0.0992. The van der Waals surface area contributed by atoms with Crippen LogP contribution in [0.5, 0.6) is 0 Å². The van der Waals surface area contributed by atoms with Gasteiger partial charge in [-0.3, -0.25) is 9.48 Å². The summed E-state index contributed by atoms with van der Waals surface area (Å²) in [6.45, 7) is 2.01. The van der Waals surface area contributed by atoms with E-state index in [1.54, 1.807) is 22.2 Å². The van der Waals surface area contributed by atoms with E-state index in [-0.39, 0.29) is 5.78 Å². The second-order valence-corrected chi connectivity index (χ2v) is 5.81. The number of ketones is 1. The van der Waals surface area contributed by atoms with Crippen LogP contribution >= 0.6 is 11.3 Å². The Morgan fingerprint density at radius 3 is 2.90 bits per heavy atom. The van der Waals surface area contributed by atoms with Crippen molar-refractivity contribution in [3.05, 3.63) is 46.7 Å². The molecule has 0 saturated heterocycles. The highest BCUT2D eigenvalue weighted by Gasteiger charge is 2.16. The van der Waals surface area contributed by atoms with Crippen LogP contribution in [0.25, 0.3) is 10.2 Å². The first-order valence-corrected chi connectivity index (χ1v) is 7.39. The zero-order valence-corrected chi connectivity index (χ0v) is 12.3. The lowest BCUT2D eigenvalue weighted by Crippen LogP contribution is -2.05. The number of hydrogen-bond acceptors (Lipinski definition) is 4. The van der Waals surface area contributed by atoms with Crippen LogP contribution in [-0.2, 0) is 19.9 Å². The van der Waals surface area contributed by atoms with Crippen LogP contribution in [0.1, 0.15) is 28.0 Å². The second-order valence-electron chi connectivity index (χ2n) is 4.69. The molecule has 102 valence electrons. The van der Waals surface area contributed by atoms with E-state index in [0.29, 0.717) is 12.0 Å². The number of carbonyl (C=O) groups is 1. The van der Waals surface area contributed by atoms with Gasteiger partial charge in [0.15, 0.2) is 5.78 Å². The Labute approximate surface area is 121 Å². The normalized spacial score (nSPS) is 11.1. The molecule has 20 heavy (non-hydrogen) atoms. The maximum atomic E-state index is 12.4. The predicted molar refractivity (Wildman–Crippen MR) is 80.2 cm³/mol. The van der Waals surface area contributed by atoms with Crippen LogP contribution in [-0.4, -0.2) is 20.5 Å². The van der Waals surface area contributed by atoms with Crippen molar-refractivity contribution >= 4 is 27.3 Å². The van der Waals surface area contributed by atoms with Gasteiger partial charge < -0.3 is 0 Å². The van der Waals surface area contributed by atoms with Crippen LogP contribution in [0.3, 0.4) is 0 Å². The molecule has 0 fully saturated rings. The fourth-order valence-corrected chi connectivity index (χ4v) is 3.22. The van der Waals surface area contributed by atoms with Crippen LogP contribution in [0.2, 0.25) is 0 Å². The van der Waals surface area contributed by atoms with Gasteiger partial charge in [0.25, 0.3) is 0 Å². The molecule has 0 aliphatic carbocycles. The van der Waals surface area contributed by atoms with Gasteiger partial charge in [0.1, 0.15) is 5.01 Å². The van der Waals surface area contributed by atoms with Gasteiger partial charge >= 0.3 is 0 Å². The van der Waals surface area contributed by atoms with Crippen LogP contribution in [0.15, 0.2) is 30.5 Å². The number of rotatable bonds is 4. The number of aryl methyl sites for hydroxylation is 2. The first-order valence-electron chi connectivity index (χ1n) is 6.57. The van der Waals surface area contributed by atoms with Crippen LogP contribution in [0.4, 0.5) is 0 Å². The molecule has 0 saturated carbocycles. The Morgan fingerprint density at radius 1 is 1.35 bits per heavy atom. The third kappa shape index (κ3) is 2.36. The smallest absolute Gasteiger partial charge is 0.173 e. The minimum absolute atomic E-state index is 0.0917. The van der Waals surface area contributed by atoms with E-state index < -0.39 is 0 Å². The van der Waals surface area contributed by atoms with Crippen LogP contribution in [0, 0.1) is 0 Å². The summed E-state index contributed by atoms with van der Waals surface area (Å²) in [4.78, 5) is 16.9. The van der Waals surface area contributed by atoms with Crippen molar-refractivity contribution < 1.29 is 4.79 Å². The predicted octanol–water partition coefficient (Wildman–Crippen LogP) is 3.02. The van der Waals surface area contributed by atoms with Gasteiger partial charge in [0, 0.05) is 13.2 Å². The molecule has 0 aliphatic rings. The number of nitrogens with zero attached hydrogens (tertiary/aromatic N) is 3. The van der Waals surface area contributed by atoms with E-state index in [1.807, 2.05) is 38.2 Å². The van der Waals surface area contributed by atoms with Gasteiger partial charge in [-0.15, -0.1) is 11.3 Å². The fourth-order valence-electron chi connectivity index (χ4n) is 2.26. The zero-order chi connectivity index (χ0) is 14.1. The maximum absolute atomic E-state index is 12.4. The standard InChI is InChI=1S/C15H15N3OS/c1-3-11-10(9-18(2)17-11)13(19)8-15-16-12-6-4-5-7-14(12)20-15/h4-7,9H,3,8H2,1-2H3.